The number of carbonyl (C=O) groups is 1. The van der Waals surface area contributed by atoms with Crippen molar-refractivity contribution in [3.63, 3.8) is 0 Å². The Morgan fingerprint density at radius 3 is 2.57 bits per heavy atom. The largest absolute Gasteiger partial charge is 0.481 e. The molecule has 0 radical (unpaired) electrons. The maximum Gasteiger partial charge on any atom is 0.273 e. The number of rotatable bonds is 4. The lowest BCUT2D eigenvalue weighted by Crippen LogP contribution is -2.31. The van der Waals surface area contributed by atoms with Gasteiger partial charge in [-0.2, -0.15) is 0 Å². The van der Waals surface area contributed by atoms with Gasteiger partial charge in [0.15, 0.2) is 6.10 Å². The first-order chi connectivity index (χ1) is 11.1. The highest BCUT2D eigenvalue weighted by Gasteiger charge is 2.22. The fourth-order valence-corrected chi connectivity index (χ4v) is 2.57. The third kappa shape index (κ3) is 2.97. The van der Waals surface area contributed by atoms with E-state index in [4.69, 9.17) is 4.74 Å². The molecule has 0 fully saturated rings. The summed E-state index contributed by atoms with van der Waals surface area (Å²) in [6, 6.07) is 13.4. The van der Waals surface area contributed by atoms with Crippen molar-refractivity contribution in [2.45, 2.75) is 33.3 Å². The van der Waals surface area contributed by atoms with Crippen molar-refractivity contribution in [1.29, 1.82) is 0 Å². The summed E-state index contributed by atoms with van der Waals surface area (Å²) in [7, 11) is 0. The molecular formula is C19H20N2O2. The van der Waals surface area contributed by atoms with Crippen LogP contribution in [0.2, 0.25) is 0 Å². The summed E-state index contributed by atoms with van der Waals surface area (Å²) >= 11 is 0. The number of carbonyl (C=O) groups excluding carboxylic acids is 1. The maximum atomic E-state index is 12.8. The van der Waals surface area contributed by atoms with Crippen LogP contribution in [0.4, 0.5) is 0 Å². The van der Waals surface area contributed by atoms with E-state index in [1.165, 1.54) is 5.56 Å². The summed E-state index contributed by atoms with van der Waals surface area (Å²) in [5.41, 5.74) is 3.97. The predicted molar refractivity (Wildman–Crippen MR) is 91.0 cm³/mol. The van der Waals surface area contributed by atoms with Crippen LogP contribution in [0.5, 0.6) is 5.75 Å². The fraction of sp³-hybridized carbons (Fsp3) is 0.263. The van der Waals surface area contributed by atoms with Gasteiger partial charge < -0.3 is 4.74 Å². The molecular weight excluding hydrogens is 288 g/mol. The zero-order chi connectivity index (χ0) is 16.4. The molecule has 1 aromatic heterocycles. The highest BCUT2D eigenvalue weighted by molar-refractivity contribution is 5.93. The zero-order valence-corrected chi connectivity index (χ0v) is 13.6. The van der Waals surface area contributed by atoms with Crippen molar-refractivity contribution < 1.29 is 9.53 Å². The van der Waals surface area contributed by atoms with Gasteiger partial charge in [0, 0.05) is 0 Å². The lowest BCUT2D eigenvalue weighted by Gasteiger charge is -2.17. The molecule has 4 heteroatoms. The topological polar surface area (TPSA) is 44.1 Å². The van der Waals surface area contributed by atoms with E-state index < -0.39 is 6.10 Å². The maximum absolute atomic E-state index is 12.8. The molecule has 1 heterocycles. The quantitative estimate of drug-likeness (QED) is 0.727. The number of imidazole rings is 1. The number of ether oxygens (including phenoxy) is 1. The van der Waals surface area contributed by atoms with Gasteiger partial charge in [-0.15, -0.1) is 0 Å². The summed E-state index contributed by atoms with van der Waals surface area (Å²) < 4.78 is 7.45. The van der Waals surface area contributed by atoms with Gasteiger partial charge in [-0.3, -0.25) is 9.36 Å². The number of hydrogen-bond donors (Lipinski definition) is 0. The molecule has 0 spiro atoms. The molecule has 3 aromatic rings. The van der Waals surface area contributed by atoms with Crippen LogP contribution in [0.15, 0.2) is 48.8 Å². The van der Waals surface area contributed by atoms with E-state index in [2.05, 4.69) is 4.98 Å². The number of para-hydroxylation sites is 1. The molecule has 3 rings (SSSR count). The van der Waals surface area contributed by atoms with Gasteiger partial charge in [0.25, 0.3) is 5.91 Å². The molecule has 0 N–H and O–H groups in total. The lowest BCUT2D eigenvalue weighted by molar-refractivity contribution is 0.0700. The average Bonchev–Trinajstić information content (AvgIpc) is 2.96. The van der Waals surface area contributed by atoms with Crippen LogP contribution >= 0.6 is 0 Å². The van der Waals surface area contributed by atoms with Crippen LogP contribution < -0.4 is 4.74 Å². The Labute approximate surface area is 135 Å². The Bertz CT molecular complexity index is 837. The highest BCUT2D eigenvalue weighted by atomic mass is 16.5. The van der Waals surface area contributed by atoms with Crippen molar-refractivity contribution in [1.82, 2.24) is 9.55 Å². The van der Waals surface area contributed by atoms with Gasteiger partial charge in [-0.1, -0.05) is 25.1 Å². The van der Waals surface area contributed by atoms with E-state index >= 15 is 0 Å². The molecule has 2 aromatic carbocycles. The molecule has 23 heavy (non-hydrogen) atoms. The minimum Gasteiger partial charge on any atom is -0.481 e. The standard InChI is InChI=1S/C19H20N2O2/c1-4-18(23-15-8-6-5-7-9-15)19(22)21-12-20-16-10-13(2)14(3)11-17(16)21/h5-12,18H,4H2,1-3H3. The van der Waals surface area contributed by atoms with Crippen molar-refractivity contribution in [3.8, 4) is 5.75 Å². The number of benzene rings is 2. The molecule has 0 aliphatic heterocycles. The Morgan fingerprint density at radius 2 is 1.87 bits per heavy atom. The van der Waals surface area contributed by atoms with Gasteiger partial charge in [-0.05, 0) is 55.7 Å². The minimum atomic E-state index is -0.531. The number of aromatic nitrogens is 2. The summed E-state index contributed by atoms with van der Waals surface area (Å²) in [5, 5.41) is 0. The van der Waals surface area contributed by atoms with E-state index in [0.29, 0.717) is 12.2 Å². The highest BCUT2D eigenvalue weighted by Crippen LogP contribution is 2.20. The van der Waals surface area contributed by atoms with Crippen molar-refractivity contribution in [2.75, 3.05) is 0 Å². The van der Waals surface area contributed by atoms with Crippen molar-refractivity contribution in [3.05, 3.63) is 59.9 Å². The van der Waals surface area contributed by atoms with Gasteiger partial charge in [0.2, 0.25) is 0 Å². The minimum absolute atomic E-state index is 0.0953. The fourth-order valence-electron chi connectivity index (χ4n) is 2.57. The molecule has 0 bridgehead atoms. The molecule has 1 unspecified atom stereocenters. The second-order valence-electron chi connectivity index (χ2n) is 5.71. The average molecular weight is 308 g/mol. The number of nitrogens with zero attached hydrogens (tertiary/aromatic N) is 2. The van der Waals surface area contributed by atoms with Gasteiger partial charge in [0.05, 0.1) is 11.0 Å². The summed E-state index contributed by atoms with van der Waals surface area (Å²) in [6.45, 7) is 6.03. The van der Waals surface area contributed by atoms with Crippen molar-refractivity contribution >= 4 is 16.9 Å². The Kier molecular flexibility index (Phi) is 4.15. The lowest BCUT2D eigenvalue weighted by atomic mass is 10.1. The molecule has 118 valence electrons. The van der Waals surface area contributed by atoms with Gasteiger partial charge >= 0.3 is 0 Å². The molecule has 4 nitrogen and oxygen atoms in total. The van der Waals surface area contributed by atoms with Crippen LogP contribution in [0, 0.1) is 13.8 Å². The van der Waals surface area contributed by atoms with E-state index in [-0.39, 0.29) is 5.91 Å². The Hall–Kier alpha value is -2.62. The molecule has 0 aliphatic rings. The first-order valence-corrected chi connectivity index (χ1v) is 7.80. The van der Waals surface area contributed by atoms with Gasteiger partial charge in [0.1, 0.15) is 12.1 Å². The smallest absolute Gasteiger partial charge is 0.273 e. The van der Waals surface area contributed by atoms with Crippen LogP contribution in [0.25, 0.3) is 11.0 Å². The SMILES string of the molecule is CCC(Oc1ccccc1)C(=O)n1cnc2cc(C)c(C)cc21. The summed E-state index contributed by atoms with van der Waals surface area (Å²) in [5.74, 6) is 0.603. The Morgan fingerprint density at radius 1 is 1.17 bits per heavy atom. The van der Waals surface area contributed by atoms with Crippen LogP contribution in [-0.4, -0.2) is 21.6 Å². The molecule has 1 atom stereocenters. The molecule has 0 amide bonds. The van der Waals surface area contributed by atoms with E-state index in [9.17, 15) is 4.79 Å². The monoisotopic (exact) mass is 308 g/mol. The summed E-state index contributed by atoms with van der Waals surface area (Å²) in [6.07, 6.45) is 1.65. The second-order valence-corrected chi connectivity index (χ2v) is 5.71. The van der Waals surface area contributed by atoms with E-state index in [1.807, 2.05) is 63.2 Å². The first kappa shape index (κ1) is 15.3. The van der Waals surface area contributed by atoms with Crippen molar-refractivity contribution in [2.24, 2.45) is 0 Å². The zero-order valence-electron chi connectivity index (χ0n) is 13.6. The van der Waals surface area contributed by atoms with Gasteiger partial charge in [-0.25, -0.2) is 4.98 Å². The summed E-state index contributed by atoms with van der Waals surface area (Å²) in [4.78, 5) is 17.2. The number of hydrogen-bond acceptors (Lipinski definition) is 3. The van der Waals surface area contributed by atoms with E-state index in [1.54, 1.807) is 10.9 Å². The van der Waals surface area contributed by atoms with Crippen LogP contribution in [-0.2, 0) is 0 Å². The molecule has 0 saturated heterocycles. The van der Waals surface area contributed by atoms with E-state index in [0.717, 1.165) is 16.6 Å². The third-order valence-electron chi connectivity index (χ3n) is 4.07. The second kappa shape index (κ2) is 6.24. The third-order valence-corrected chi connectivity index (χ3v) is 4.07. The van der Waals surface area contributed by atoms with Crippen LogP contribution in [0.1, 0.15) is 29.3 Å². The molecule has 0 aliphatic carbocycles. The Balaban J connectivity index is 1.93. The first-order valence-electron chi connectivity index (χ1n) is 7.80. The normalized spacial score (nSPS) is 12.3. The van der Waals surface area contributed by atoms with Crippen LogP contribution in [0.3, 0.4) is 0 Å². The predicted octanol–water partition coefficient (Wildman–Crippen LogP) is 4.15. The number of aryl methyl sites for hydroxylation is 2. The molecule has 0 saturated carbocycles. The number of fused-ring (bicyclic) bond motifs is 1.